The summed E-state index contributed by atoms with van der Waals surface area (Å²) in [6.07, 6.45) is 6.67. The van der Waals surface area contributed by atoms with Crippen LogP contribution in [-0.2, 0) is 10.2 Å². The lowest BCUT2D eigenvalue weighted by atomic mass is 9.72. The molecular formula is C24H28N8O2. The van der Waals surface area contributed by atoms with Crippen molar-refractivity contribution in [1.82, 2.24) is 30.1 Å². The highest BCUT2D eigenvalue weighted by Crippen LogP contribution is 2.38. The van der Waals surface area contributed by atoms with Gasteiger partial charge in [0.2, 0.25) is 5.95 Å². The van der Waals surface area contributed by atoms with E-state index < -0.39 is 5.41 Å². The first kappa shape index (κ1) is 23.2. The van der Waals surface area contributed by atoms with Crippen LogP contribution in [0.4, 0.5) is 11.8 Å². The van der Waals surface area contributed by atoms with Gasteiger partial charge in [0.15, 0.2) is 5.82 Å². The Balaban J connectivity index is 1.58. The molecule has 0 aliphatic carbocycles. The van der Waals surface area contributed by atoms with E-state index in [1.165, 1.54) is 0 Å². The van der Waals surface area contributed by atoms with Crippen LogP contribution in [0.15, 0.2) is 53.6 Å². The number of ether oxygens (including phenoxy) is 1. The fourth-order valence-electron chi connectivity index (χ4n) is 3.57. The number of nitrogens with zero attached hydrogens (tertiary/aromatic N) is 6. The quantitative estimate of drug-likeness (QED) is 0.356. The second-order valence-electron chi connectivity index (χ2n) is 8.39. The minimum atomic E-state index is -0.479. The Labute approximate surface area is 198 Å². The molecule has 0 fully saturated rings. The lowest BCUT2D eigenvalue weighted by molar-refractivity contribution is 0.210. The third kappa shape index (κ3) is 4.72. The zero-order valence-electron chi connectivity index (χ0n) is 19.7. The van der Waals surface area contributed by atoms with Crippen LogP contribution in [-0.4, -0.2) is 50.3 Å². The monoisotopic (exact) mass is 460 g/mol. The Morgan fingerprint density at radius 3 is 2.35 bits per heavy atom. The lowest BCUT2D eigenvalue weighted by Gasteiger charge is -2.31. The number of hydrogen-bond acceptors (Lipinski definition) is 10. The van der Waals surface area contributed by atoms with Crippen molar-refractivity contribution >= 4 is 11.8 Å². The van der Waals surface area contributed by atoms with Crippen LogP contribution in [0, 0.1) is 5.92 Å². The Morgan fingerprint density at radius 1 is 1.00 bits per heavy atom. The molecule has 4 rings (SSSR count). The predicted octanol–water partition coefficient (Wildman–Crippen LogP) is 3.59. The fourth-order valence-corrected chi connectivity index (χ4v) is 3.57. The molecule has 4 aromatic rings. The normalized spacial score (nSPS) is 13.1. The maximum Gasteiger partial charge on any atom is 0.278 e. The smallest absolute Gasteiger partial charge is 0.278 e. The van der Waals surface area contributed by atoms with Gasteiger partial charge in [-0.25, -0.2) is 19.9 Å². The van der Waals surface area contributed by atoms with E-state index in [1.54, 1.807) is 31.9 Å². The van der Waals surface area contributed by atoms with Gasteiger partial charge in [-0.1, -0.05) is 43.3 Å². The summed E-state index contributed by atoms with van der Waals surface area (Å²) in [6, 6.07) is 8.21. The van der Waals surface area contributed by atoms with E-state index >= 15 is 0 Å². The standard InChI is InChI=1S/C24H28N8O2/c1-15(2)24(3,18-7-5-16(6-8-18)17-11-29-23(25)30-12-17)22-31-21(34-32-22)19-13-28-20(14-27-19)26-9-10-33-4/h5-8,11-15H,9-10H2,1-4H3,(H,26,28)(H2,25,29,30)/t24-/m0/s1. The highest BCUT2D eigenvalue weighted by Gasteiger charge is 2.37. The number of benzene rings is 1. The largest absolute Gasteiger partial charge is 0.383 e. The second-order valence-corrected chi connectivity index (χ2v) is 8.39. The molecule has 3 N–H and O–H groups in total. The summed E-state index contributed by atoms with van der Waals surface area (Å²) in [5.74, 6) is 2.02. The highest BCUT2D eigenvalue weighted by atomic mass is 16.5. The highest BCUT2D eigenvalue weighted by molar-refractivity contribution is 5.62. The average Bonchev–Trinajstić information content (AvgIpc) is 3.35. The van der Waals surface area contributed by atoms with E-state index in [4.69, 9.17) is 20.0 Å². The minimum absolute atomic E-state index is 0.196. The van der Waals surface area contributed by atoms with Crippen LogP contribution in [0.3, 0.4) is 0 Å². The average molecular weight is 461 g/mol. The van der Waals surface area contributed by atoms with Gasteiger partial charge in [-0.15, -0.1) is 0 Å². The summed E-state index contributed by atoms with van der Waals surface area (Å²) in [5, 5.41) is 7.45. The van der Waals surface area contributed by atoms with Gasteiger partial charge in [0.1, 0.15) is 11.5 Å². The van der Waals surface area contributed by atoms with E-state index in [0.29, 0.717) is 36.4 Å². The fraction of sp³-hybridized carbons (Fsp3) is 0.333. The first-order valence-corrected chi connectivity index (χ1v) is 11.0. The summed E-state index contributed by atoms with van der Waals surface area (Å²) in [7, 11) is 1.65. The molecule has 0 bridgehead atoms. The molecule has 10 nitrogen and oxygen atoms in total. The molecule has 0 amide bonds. The van der Waals surface area contributed by atoms with Crippen molar-refractivity contribution < 1.29 is 9.26 Å². The van der Waals surface area contributed by atoms with Gasteiger partial charge < -0.3 is 20.3 Å². The van der Waals surface area contributed by atoms with Gasteiger partial charge >= 0.3 is 0 Å². The summed E-state index contributed by atoms with van der Waals surface area (Å²) in [4.78, 5) is 21.6. The van der Waals surface area contributed by atoms with Crippen molar-refractivity contribution in [3.63, 3.8) is 0 Å². The molecule has 0 saturated heterocycles. The van der Waals surface area contributed by atoms with Gasteiger partial charge in [-0.3, -0.25) is 0 Å². The molecule has 1 atom stereocenters. The molecule has 0 unspecified atom stereocenters. The van der Waals surface area contributed by atoms with Gasteiger partial charge in [0.25, 0.3) is 5.89 Å². The number of nitrogens with two attached hydrogens (primary N) is 1. The maximum atomic E-state index is 5.60. The Kier molecular flexibility index (Phi) is 6.78. The third-order valence-electron chi connectivity index (χ3n) is 6.02. The molecule has 176 valence electrons. The van der Waals surface area contributed by atoms with Crippen molar-refractivity contribution in [2.24, 2.45) is 5.92 Å². The summed E-state index contributed by atoms with van der Waals surface area (Å²) >= 11 is 0. The summed E-state index contributed by atoms with van der Waals surface area (Å²) < 4.78 is 10.6. The van der Waals surface area contributed by atoms with Crippen molar-refractivity contribution in [3.8, 4) is 22.7 Å². The Hall–Kier alpha value is -3.92. The molecule has 10 heteroatoms. The van der Waals surface area contributed by atoms with Gasteiger partial charge in [-0.2, -0.15) is 4.98 Å². The molecule has 1 aromatic carbocycles. The van der Waals surface area contributed by atoms with Crippen molar-refractivity contribution in [2.45, 2.75) is 26.2 Å². The number of nitrogens with one attached hydrogen (secondary N) is 1. The number of aromatic nitrogens is 6. The van der Waals surface area contributed by atoms with Gasteiger partial charge in [0, 0.05) is 31.6 Å². The first-order chi connectivity index (χ1) is 16.4. The van der Waals surface area contributed by atoms with Crippen LogP contribution in [0.2, 0.25) is 0 Å². The third-order valence-corrected chi connectivity index (χ3v) is 6.02. The molecule has 0 spiro atoms. The van der Waals surface area contributed by atoms with Crippen LogP contribution in [0.1, 0.15) is 32.2 Å². The second kappa shape index (κ2) is 9.92. The van der Waals surface area contributed by atoms with Crippen molar-refractivity contribution in [3.05, 3.63) is 60.4 Å². The van der Waals surface area contributed by atoms with Crippen LogP contribution >= 0.6 is 0 Å². The lowest BCUT2D eigenvalue weighted by Crippen LogP contribution is -2.31. The molecule has 3 aromatic heterocycles. The van der Waals surface area contributed by atoms with E-state index in [2.05, 4.69) is 63.3 Å². The molecular weight excluding hydrogens is 432 g/mol. The minimum Gasteiger partial charge on any atom is -0.383 e. The number of anilines is 2. The van der Waals surface area contributed by atoms with Crippen LogP contribution < -0.4 is 11.1 Å². The van der Waals surface area contributed by atoms with E-state index in [9.17, 15) is 0 Å². The van der Waals surface area contributed by atoms with Gasteiger partial charge in [-0.05, 0) is 24.0 Å². The van der Waals surface area contributed by atoms with Crippen LogP contribution in [0.5, 0.6) is 0 Å². The maximum absolute atomic E-state index is 5.60. The topological polar surface area (TPSA) is 138 Å². The molecule has 34 heavy (non-hydrogen) atoms. The van der Waals surface area contributed by atoms with E-state index in [1.807, 2.05) is 12.1 Å². The molecule has 3 heterocycles. The molecule has 0 aliphatic heterocycles. The summed E-state index contributed by atoms with van der Waals surface area (Å²) in [5.41, 5.74) is 8.60. The number of hydrogen-bond donors (Lipinski definition) is 2. The number of methoxy groups -OCH3 is 1. The van der Waals surface area contributed by atoms with Crippen LogP contribution in [0.25, 0.3) is 22.7 Å². The number of nitrogen functional groups attached to an aromatic ring is 1. The van der Waals surface area contributed by atoms with E-state index in [-0.39, 0.29) is 11.9 Å². The SMILES string of the molecule is COCCNc1cnc(-c2nc([C@](C)(c3ccc(-c4cnc(N)nc4)cc3)C(C)C)no2)cn1. The molecule has 0 aliphatic rings. The van der Waals surface area contributed by atoms with E-state index in [0.717, 1.165) is 16.7 Å². The molecule has 0 saturated carbocycles. The van der Waals surface area contributed by atoms with Crippen molar-refractivity contribution in [1.29, 1.82) is 0 Å². The molecule has 0 radical (unpaired) electrons. The predicted molar refractivity (Wildman–Crippen MR) is 129 cm³/mol. The first-order valence-electron chi connectivity index (χ1n) is 11.0. The van der Waals surface area contributed by atoms with Crippen molar-refractivity contribution in [2.75, 3.05) is 31.3 Å². The Morgan fingerprint density at radius 2 is 1.74 bits per heavy atom. The Bertz CT molecular complexity index is 1210. The van der Waals surface area contributed by atoms with Gasteiger partial charge in [0.05, 0.1) is 24.4 Å². The zero-order chi connectivity index (χ0) is 24.1. The number of rotatable bonds is 9. The summed E-state index contributed by atoms with van der Waals surface area (Å²) in [6.45, 7) is 7.61. The zero-order valence-corrected chi connectivity index (χ0v) is 19.7.